The van der Waals surface area contributed by atoms with Crippen molar-refractivity contribution < 1.29 is 14.9 Å². The summed E-state index contributed by atoms with van der Waals surface area (Å²) in [5.74, 6) is 1.21. The topological polar surface area (TPSA) is 49.7 Å². The molecule has 1 aliphatic carbocycles. The molecule has 0 radical (unpaired) electrons. The summed E-state index contributed by atoms with van der Waals surface area (Å²) in [5.41, 5.74) is 0. The maximum Gasteiger partial charge on any atom is 0.0603 e. The predicted molar refractivity (Wildman–Crippen MR) is 101 cm³/mol. The van der Waals surface area contributed by atoms with E-state index in [1.54, 1.807) is 0 Å². The van der Waals surface area contributed by atoms with Crippen LogP contribution in [0.25, 0.3) is 0 Å². The fourth-order valence-electron chi connectivity index (χ4n) is 3.79. The lowest BCUT2D eigenvalue weighted by molar-refractivity contribution is -0.0378. The third kappa shape index (κ3) is 10.7. The third-order valence-electron chi connectivity index (χ3n) is 5.41. The van der Waals surface area contributed by atoms with Gasteiger partial charge in [-0.15, -0.1) is 0 Å². The van der Waals surface area contributed by atoms with Gasteiger partial charge in [-0.2, -0.15) is 0 Å². The van der Waals surface area contributed by atoms with Crippen LogP contribution in [0.2, 0.25) is 0 Å². The Hall–Kier alpha value is -0.120. The standard InChI is InChI=1S/C21H42O3/c1-17(2)9-6-4-5-7-10-18(3)24-21-14-13-19(16-22)11-8-12-20(23)15-21/h17-23H,4-16H2,1-3H3. The lowest BCUT2D eigenvalue weighted by Gasteiger charge is -2.24. The van der Waals surface area contributed by atoms with E-state index in [0.717, 1.165) is 50.9 Å². The van der Waals surface area contributed by atoms with Crippen molar-refractivity contribution in [2.24, 2.45) is 11.8 Å². The molecule has 0 bridgehead atoms. The quantitative estimate of drug-likeness (QED) is 0.544. The highest BCUT2D eigenvalue weighted by atomic mass is 16.5. The fraction of sp³-hybridized carbons (Fsp3) is 1.00. The van der Waals surface area contributed by atoms with Crippen LogP contribution in [-0.4, -0.2) is 35.1 Å². The number of hydrogen-bond acceptors (Lipinski definition) is 3. The SMILES string of the molecule is CC(C)CCCCCCC(C)OC1CCC(CO)CCCC(O)C1. The summed E-state index contributed by atoms with van der Waals surface area (Å²) >= 11 is 0. The lowest BCUT2D eigenvalue weighted by atomic mass is 9.97. The normalized spacial score (nSPS) is 27.5. The van der Waals surface area contributed by atoms with E-state index >= 15 is 0 Å². The molecule has 0 heterocycles. The van der Waals surface area contributed by atoms with E-state index in [-0.39, 0.29) is 24.9 Å². The molecule has 0 aromatic carbocycles. The van der Waals surface area contributed by atoms with Crippen LogP contribution >= 0.6 is 0 Å². The van der Waals surface area contributed by atoms with Gasteiger partial charge in [0.2, 0.25) is 0 Å². The zero-order valence-corrected chi connectivity index (χ0v) is 16.4. The summed E-state index contributed by atoms with van der Waals surface area (Å²) < 4.78 is 6.25. The van der Waals surface area contributed by atoms with Gasteiger partial charge in [0.15, 0.2) is 0 Å². The lowest BCUT2D eigenvalue weighted by Crippen LogP contribution is -2.25. The number of rotatable bonds is 10. The molecule has 2 N–H and O–H groups in total. The molecule has 0 aromatic heterocycles. The van der Waals surface area contributed by atoms with Crippen molar-refractivity contribution in [3.05, 3.63) is 0 Å². The minimum absolute atomic E-state index is 0.156. The van der Waals surface area contributed by atoms with Gasteiger partial charge >= 0.3 is 0 Å². The van der Waals surface area contributed by atoms with Crippen molar-refractivity contribution in [3.8, 4) is 0 Å². The molecule has 3 heteroatoms. The number of aliphatic hydroxyl groups is 2. The van der Waals surface area contributed by atoms with Gasteiger partial charge in [0.05, 0.1) is 18.3 Å². The summed E-state index contributed by atoms with van der Waals surface area (Å²) in [4.78, 5) is 0. The van der Waals surface area contributed by atoms with E-state index in [4.69, 9.17) is 4.74 Å². The Bertz CT molecular complexity index is 293. The first kappa shape index (κ1) is 21.9. The summed E-state index contributed by atoms with van der Waals surface area (Å²) in [6.45, 7) is 7.04. The van der Waals surface area contributed by atoms with Gasteiger partial charge in [-0.05, 0) is 57.3 Å². The highest BCUT2D eigenvalue weighted by molar-refractivity contribution is 4.73. The maximum absolute atomic E-state index is 10.2. The zero-order valence-electron chi connectivity index (χ0n) is 16.4. The highest BCUT2D eigenvalue weighted by Gasteiger charge is 2.22. The molecule has 1 rings (SSSR count). The van der Waals surface area contributed by atoms with Crippen LogP contribution in [0, 0.1) is 11.8 Å². The van der Waals surface area contributed by atoms with Crippen LogP contribution in [0.1, 0.15) is 97.8 Å². The molecular weight excluding hydrogens is 300 g/mol. The van der Waals surface area contributed by atoms with Crippen molar-refractivity contribution in [1.82, 2.24) is 0 Å². The summed E-state index contributed by atoms with van der Waals surface area (Å²) in [6, 6.07) is 0. The highest BCUT2D eigenvalue weighted by Crippen LogP contribution is 2.25. The molecule has 0 saturated heterocycles. The average molecular weight is 343 g/mol. The second-order valence-corrected chi connectivity index (χ2v) is 8.40. The monoisotopic (exact) mass is 342 g/mol. The van der Waals surface area contributed by atoms with E-state index in [2.05, 4.69) is 20.8 Å². The second kappa shape index (κ2) is 13.1. The number of ether oxygens (including phenoxy) is 1. The van der Waals surface area contributed by atoms with Crippen LogP contribution in [0.15, 0.2) is 0 Å². The Labute approximate surface area is 150 Å². The molecule has 1 fully saturated rings. The molecule has 0 amide bonds. The molecule has 4 atom stereocenters. The molecule has 0 aromatic rings. The van der Waals surface area contributed by atoms with Crippen molar-refractivity contribution in [1.29, 1.82) is 0 Å². The largest absolute Gasteiger partial charge is 0.396 e. The first-order chi connectivity index (χ1) is 11.5. The Balaban J connectivity index is 2.23. The summed E-state index contributed by atoms with van der Waals surface area (Å²) in [5, 5.41) is 19.6. The molecule has 24 heavy (non-hydrogen) atoms. The molecule has 0 aliphatic heterocycles. The van der Waals surface area contributed by atoms with Crippen molar-refractivity contribution in [2.45, 2.75) is 116 Å². The summed E-state index contributed by atoms with van der Waals surface area (Å²) in [7, 11) is 0. The van der Waals surface area contributed by atoms with Crippen LogP contribution in [0.3, 0.4) is 0 Å². The Morgan fingerprint density at radius 1 is 0.917 bits per heavy atom. The average Bonchev–Trinajstić information content (AvgIpc) is 2.61. The van der Waals surface area contributed by atoms with Crippen LogP contribution in [0.4, 0.5) is 0 Å². The second-order valence-electron chi connectivity index (χ2n) is 8.40. The van der Waals surface area contributed by atoms with Crippen molar-refractivity contribution in [3.63, 3.8) is 0 Å². The fourth-order valence-corrected chi connectivity index (χ4v) is 3.79. The minimum atomic E-state index is -0.240. The predicted octanol–water partition coefficient (Wildman–Crippen LogP) is 5.08. The molecule has 4 unspecified atom stereocenters. The van der Waals surface area contributed by atoms with E-state index in [1.807, 2.05) is 0 Å². The molecule has 1 saturated carbocycles. The zero-order chi connectivity index (χ0) is 17.8. The van der Waals surface area contributed by atoms with Crippen LogP contribution < -0.4 is 0 Å². The third-order valence-corrected chi connectivity index (χ3v) is 5.41. The van der Waals surface area contributed by atoms with Gasteiger partial charge in [0, 0.05) is 6.61 Å². The van der Waals surface area contributed by atoms with E-state index in [1.165, 1.54) is 32.1 Å². The van der Waals surface area contributed by atoms with E-state index < -0.39 is 0 Å². The number of unbranched alkanes of at least 4 members (excludes halogenated alkanes) is 3. The Morgan fingerprint density at radius 2 is 1.62 bits per heavy atom. The van der Waals surface area contributed by atoms with Crippen molar-refractivity contribution >= 4 is 0 Å². The first-order valence-electron chi connectivity index (χ1n) is 10.5. The molecule has 0 spiro atoms. The van der Waals surface area contributed by atoms with Crippen LogP contribution in [-0.2, 0) is 4.74 Å². The van der Waals surface area contributed by atoms with Gasteiger partial charge in [0.25, 0.3) is 0 Å². The van der Waals surface area contributed by atoms with E-state index in [9.17, 15) is 10.2 Å². The van der Waals surface area contributed by atoms with Gasteiger partial charge < -0.3 is 14.9 Å². The van der Waals surface area contributed by atoms with E-state index in [0.29, 0.717) is 5.92 Å². The maximum atomic E-state index is 10.2. The van der Waals surface area contributed by atoms with Gasteiger partial charge in [-0.1, -0.05) is 52.4 Å². The van der Waals surface area contributed by atoms with Gasteiger partial charge in [-0.25, -0.2) is 0 Å². The first-order valence-corrected chi connectivity index (χ1v) is 10.5. The molecular formula is C21H42O3. The molecule has 144 valence electrons. The number of hydrogen-bond donors (Lipinski definition) is 2. The van der Waals surface area contributed by atoms with Gasteiger partial charge in [0.1, 0.15) is 0 Å². The van der Waals surface area contributed by atoms with Crippen LogP contribution in [0.5, 0.6) is 0 Å². The van der Waals surface area contributed by atoms with Gasteiger partial charge in [-0.3, -0.25) is 0 Å². The number of aliphatic hydroxyl groups excluding tert-OH is 2. The van der Waals surface area contributed by atoms with Crippen molar-refractivity contribution in [2.75, 3.05) is 6.61 Å². The summed E-state index contributed by atoms with van der Waals surface area (Å²) in [6.07, 6.45) is 13.6. The Morgan fingerprint density at radius 3 is 2.29 bits per heavy atom. The Kier molecular flexibility index (Phi) is 12.0. The minimum Gasteiger partial charge on any atom is -0.396 e. The molecule has 1 aliphatic rings. The molecule has 3 nitrogen and oxygen atoms in total. The smallest absolute Gasteiger partial charge is 0.0603 e.